The second-order valence-corrected chi connectivity index (χ2v) is 4.31. The van der Waals surface area contributed by atoms with Crippen LogP contribution < -0.4 is 0 Å². The van der Waals surface area contributed by atoms with Gasteiger partial charge in [-0.15, -0.1) is 0 Å². The summed E-state index contributed by atoms with van der Waals surface area (Å²) in [6.07, 6.45) is 4.09. The Labute approximate surface area is 110 Å². The standard InChI is InChI=1S/C15H12N2O2/c16-9-11-3-1-10(2-4-11)7-12-8-13(17)5-6-14(12)15(18)19/h1-4,6-7,17H,5,8H2,(H,18,19). The molecule has 0 aliphatic heterocycles. The Kier molecular flexibility index (Phi) is 3.58. The van der Waals surface area contributed by atoms with E-state index < -0.39 is 5.97 Å². The molecular formula is C15H12N2O2. The third-order valence-corrected chi connectivity index (χ3v) is 2.91. The van der Waals surface area contributed by atoms with E-state index in [1.807, 2.05) is 6.07 Å². The van der Waals surface area contributed by atoms with Gasteiger partial charge in [-0.05, 0) is 23.3 Å². The number of allylic oxidation sites excluding steroid dienone is 1. The van der Waals surface area contributed by atoms with Crippen molar-refractivity contribution in [3.8, 4) is 6.07 Å². The minimum atomic E-state index is -0.965. The normalized spacial score (nSPS) is 16.9. The highest BCUT2D eigenvalue weighted by molar-refractivity contribution is 6.00. The Morgan fingerprint density at radius 3 is 2.63 bits per heavy atom. The number of nitrogens with one attached hydrogen (secondary N) is 1. The van der Waals surface area contributed by atoms with Crippen LogP contribution in [0.2, 0.25) is 0 Å². The maximum Gasteiger partial charge on any atom is 0.335 e. The predicted octanol–water partition coefficient (Wildman–Crippen LogP) is 2.77. The summed E-state index contributed by atoms with van der Waals surface area (Å²) in [6.45, 7) is 0. The zero-order valence-electron chi connectivity index (χ0n) is 10.2. The molecule has 0 saturated heterocycles. The molecule has 1 aromatic rings. The highest BCUT2D eigenvalue weighted by Crippen LogP contribution is 2.24. The van der Waals surface area contributed by atoms with Crippen LogP contribution in [-0.2, 0) is 4.79 Å². The Morgan fingerprint density at radius 2 is 2.05 bits per heavy atom. The molecule has 2 rings (SSSR count). The van der Waals surface area contributed by atoms with Crippen molar-refractivity contribution < 1.29 is 9.90 Å². The Balaban J connectivity index is 2.36. The van der Waals surface area contributed by atoms with E-state index in [-0.39, 0.29) is 5.57 Å². The summed E-state index contributed by atoms with van der Waals surface area (Å²) in [6, 6.07) is 8.94. The smallest absolute Gasteiger partial charge is 0.335 e. The van der Waals surface area contributed by atoms with Gasteiger partial charge in [0, 0.05) is 18.6 Å². The van der Waals surface area contributed by atoms with E-state index in [1.165, 1.54) is 0 Å². The summed E-state index contributed by atoms with van der Waals surface area (Å²) in [4.78, 5) is 11.1. The molecule has 1 aliphatic rings. The minimum absolute atomic E-state index is 0.264. The molecule has 1 aliphatic carbocycles. The van der Waals surface area contributed by atoms with Crippen LogP contribution in [-0.4, -0.2) is 16.8 Å². The van der Waals surface area contributed by atoms with Gasteiger partial charge in [-0.2, -0.15) is 5.26 Å². The molecule has 1 aromatic carbocycles. The monoisotopic (exact) mass is 252 g/mol. The molecule has 0 fully saturated rings. The van der Waals surface area contributed by atoms with E-state index in [0.29, 0.717) is 29.7 Å². The van der Waals surface area contributed by atoms with Crippen LogP contribution in [0.4, 0.5) is 0 Å². The first kappa shape index (κ1) is 12.8. The molecule has 19 heavy (non-hydrogen) atoms. The van der Waals surface area contributed by atoms with E-state index in [4.69, 9.17) is 15.8 Å². The third kappa shape index (κ3) is 2.96. The largest absolute Gasteiger partial charge is 0.478 e. The topological polar surface area (TPSA) is 84.9 Å². The summed E-state index contributed by atoms with van der Waals surface area (Å²) in [5.74, 6) is -0.965. The van der Waals surface area contributed by atoms with Gasteiger partial charge in [0.1, 0.15) is 0 Å². The maximum atomic E-state index is 11.1. The number of carboxylic acids is 1. The second kappa shape index (κ2) is 5.32. The van der Waals surface area contributed by atoms with E-state index >= 15 is 0 Å². The van der Waals surface area contributed by atoms with Gasteiger partial charge in [-0.1, -0.05) is 24.3 Å². The number of nitriles is 1. The number of benzene rings is 1. The second-order valence-electron chi connectivity index (χ2n) is 4.31. The molecule has 0 saturated carbocycles. The molecule has 4 nitrogen and oxygen atoms in total. The number of nitrogens with zero attached hydrogens (tertiary/aromatic N) is 1. The van der Waals surface area contributed by atoms with Crippen molar-refractivity contribution in [1.82, 2.24) is 0 Å². The van der Waals surface area contributed by atoms with E-state index in [2.05, 4.69) is 0 Å². The van der Waals surface area contributed by atoms with Crippen LogP contribution in [0, 0.1) is 16.7 Å². The van der Waals surface area contributed by atoms with Crippen molar-refractivity contribution in [1.29, 1.82) is 10.7 Å². The predicted molar refractivity (Wildman–Crippen MR) is 71.8 cm³/mol. The summed E-state index contributed by atoms with van der Waals surface area (Å²) in [5, 5.41) is 25.5. The lowest BCUT2D eigenvalue weighted by atomic mass is 9.90. The minimum Gasteiger partial charge on any atom is -0.478 e. The van der Waals surface area contributed by atoms with Crippen molar-refractivity contribution in [3.63, 3.8) is 0 Å². The highest BCUT2D eigenvalue weighted by Gasteiger charge is 2.19. The van der Waals surface area contributed by atoms with E-state index in [0.717, 1.165) is 5.56 Å². The zero-order valence-corrected chi connectivity index (χ0v) is 10.2. The number of carboxylic acid groups (broad SMARTS) is 1. The fourth-order valence-electron chi connectivity index (χ4n) is 1.96. The number of aliphatic carboxylic acids is 1. The SMILES string of the molecule is N#Cc1ccc(C=C2CC(=N)CC=C2C(=O)O)cc1. The van der Waals surface area contributed by atoms with E-state index in [1.54, 1.807) is 36.4 Å². The number of hydrogen-bond acceptors (Lipinski definition) is 3. The number of carbonyl (C=O) groups is 1. The molecule has 0 heterocycles. The van der Waals surface area contributed by atoms with Crippen molar-refractivity contribution in [2.24, 2.45) is 0 Å². The molecule has 0 amide bonds. The first-order valence-electron chi connectivity index (χ1n) is 5.81. The van der Waals surface area contributed by atoms with Gasteiger partial charge in [0.05, 0.1) is 17.2 Å². The van der Waals surface area contributed by atoms with Gasteiger partial charge in [-0.3, -0.25) is 0 Å². The molecule has 0 spiro atoms. The lowest BCUT2D eigenvalue weighted by Crippen LogP contribution is -2.12. The van der Waals surface area contributed by atoms with Crippen molar-refractivity contribution in [2.45, 2.75) is 12.8 Å². The summed E-state index contributed by atoms with van der Waals surface area (Å²) in [5.41, 5.74) is 2.79. The number of rotatable bonds is 2. The van der Waals surface area contributed by atoms with Crippen LogP contribution in [0.25, 0.3) is 6.08 Å². The van der Waals surface area contributed by atoms with Crippen LogP contribution >= 0.6 is 0 Å². The van der Waals surface area contributed by atoms with Gasteiger partial charge < -0.3 is 10.5 Å². The Morgan fingerprint density at radius 1 is 1.37 bits per heavy atom. The van der Waals surface area contributed by atoms with Crippen molar-refractivity contribution in [2.75, 3.05) is 0 Å². The fourth-order valence-corrected chi connectivity index (χ4v) is 1.96. The first-order valence-corrected chi connectivity index (χ1v) is 5.81. The van der Waals surface area contributed by atoms with Crippen molar-refractivity contribution >= 4 is 17.8 Å². The molecule has 0 radical (unpaired) electrons. The average molecular weight is 252 g/mol. The molecule has 94 valence electrons. The lowest BCUT2D eigenvalue weighted by molar-refractivity contribution is -0.132. The quantitative estimate of drug-likeness (QED) is 0.848. The van der Waals surface area contributed by atoms with Gasteiger partial charge in [0.25, 0.3) is 0 Å². The molecule has 4 heteroatoms. The molecule has 2 N–H and O–H groups in total. The number of hydrogen-bond donors (Lipinski definition) is 2. The van der Waals surface area contributed by atoms with E-state index in [9.17, 15) is 4.79 Å². The lowest BCUT2D eigenvalue weighted by Gasteiger charge is -2.14. The average Bonchev–Trinajstić information content (AvgIpc) is 2.39. The van der Waals surface area contributed by atoms with Crippen LogP contribution in [0.3, 0.4) is 0 Å². The van der Waals surface area contributed by atoms with Crippen LogP contribution in [0.5, 0.6) is 0 Å². The zero-order chi connectivity index (χ0) is 13.8. The maximum absolute atomic E-state index is 11.1. The molecular weight excluding hydrogens is 240 g/mol. The van der Waals surface area contributed by atoms with Gasteiger partial charge in [0.2, 0.25) is 0 Å². The highest BCUT2D eigenvalue weighted by atomic mass is 16.4. The third-order valence-electron chi connectivity index (χ3n) is 2.91. The summed E-state index contributed by atoms with van der Waals surface area (Å²) < 4.78 is 0. The van der Waals surface area contributed by atoms with Gasteiger partial charge in [-0.25, -0.2) is 4.79 Å². The van der Waals surface area contributed by atoms with Gasteiger partial charge in [0.15, 0.2) is 0 Å². The molecule has 0 aromatic heterocycles. The molecule has 0 bridgehead atoms. The molecule has 0 unspecified atom stereocenters. The summed E-state index contributed by atoms with van der Waals surface area (Å²) in [7, 11) is 0. The Hall–Kier alpha value is -2.67. The molecule has 0 atom stereocenters. The van der Waals surface area contributed by atoms with Crippen molar-refractivity contribution in [3.05, 3.63) is 52.6 Å². The Bertz CT molecular complexity index is 631. The summed E-state index contributed by atoms with van der Waals surface area (Å²) >= 11 is 0. The first-order chi connectivity index (χ1) is 9.10. The van der Waals surface area contributed by atoms with Crippen LogP contribution in [0.1, 0.15) is 24.0 Å². The van der Waals surface area contributed by atoms with Gasteiger partial charge >= 0.3 is 5.97 Å². The van der Waals surface area contributed by atoms with Crippen LogP contribution in [0.15, 0.2) is 41.5 Å². The fraction of sp³-hybridized carbons (Fsp3) is 0.133.